The fourth-order valence-corrected chi connectivity index (χ4v) is 5.05. The second-order valence-corrected chi connectivity index (χ2v) is 8.59. The van der Waals surface area contributed by atoms with E-state index < -0.39 is 16.8 Å². The zero-order valence-corrected chi connectivity index (χ0v) is 18.6. The van der Waals surface area contributed by atoms with Gasteiger partial charge >= 0.3 is 11.8 Å². The second-order valence-electron chi connectivity index (χ2n) is 7.49. The van der Waals surface area contributed by atoms with Gasteiger partial charge in [0.05, 0.1) is 41.6 Å². The number of ether oxygens (including phenoxy) is 1. The molecule has 0 radical (unpaired) electrons. The van der Waals surface area contributed by atoms with Crippen molar-refractivity contribution < 1.29 is 23.8 Å². The van der Waals surface area contributed by atoms with E-state index in [9.17, 15) is 19.7 Å². The quantitative estimate of drug-likeness (QED) is 0.336. The minimum absolute atomic E-state index is 0.0299. The Kier molecular flexibility index (Phi) is 5.78. The van der Waals surface area contributed by atoms with Crippen LogP contribution >= 0.6 is 11.3 Å². The van der Waals surface area contributed by atoms with Gasteiger partial charge in [0.15, 0.2) is 5.69 Å². The number of aryl methyl sites for hydroxylation is 3. The van der Waals surface area contributed by atoms with Crippen molar-refractivity contribution in [1.82, 2.24) is 14.9 Å². The molecule has 168 valence electrons. The van der Waals surface area contributed by atoms with E-state index in [-0.39, 0.29) is 18.1 Å². The highest BCUT2D eigenvalue weighted by atomic mass is 32.1. The summed E-state index contributed by atoms with van der Waals surface area (Å²) in [4.78, 5) is 37.0. The zero-order valence-electron chi connectivity index (χ0n) is 17.8. The lowest BCUT2D eigenvalue weighted by atomic mass is 9.95. The van der Waals surface area contributed by atoms with Crippen molar-refractivity contribution in [2.75, 3.05) is 12.4 Å². The first kappa shape index (κ1) is 21.7. The van der Waals surface area contributed by atoms with Crippen molar-refractivity contribution in [3.63, 3.8) is 0 Å². The second kappa shape index (κ2) is 8.54. The minimum Gasteiger partial charge on any atom is -0.465 e. The summed E-state index contributed by atoms with van der Waals surface area (Å²) in [7, 11) is 1.31. The highest BCUT2D eigenvalue weighted by molar-refractivity contribution is 7.17. The largest absolute Gasteiger partial charge is 0.465 e. The predicted octanol–water partition coefficient (Wildman–Crippen LogP) is 3.42. The number of carbonyl (C=O) groups excluding carboxylic acids is 2. The SMILES string of the molecule is COC(=O)c1c(NC(=O)c2noc(C)c2Cn2nc([N+](=O)[O-])cc2C)sc2c1CCCC2. The summed E-state index contributed by atoms with van der Waals surface area (Å²) >= 11 is 1.37. The summed E-state index contributed by atoms with van der Waals surface area (Å²) in [5, 5.41) is 22.1. The Hall–Kier alpha value is -3.54. The predicted molar refractivity (Wildman–Crippen MR) is 114 cm³/mol. The van der Waals surface area contributed by atoms with E-state index >= 15 is 0 Å². The number of rotatable bonds is 6. The van der Waals surface area contributed by atoms with E-state index in [0.717, 1.165) is 36.1 Å². The molecule has 1 aliphatic rings. The maximum absolute atomic E-state index is 13.1. The van der Waals surface area contributed by atoms with Gasteiger partial charge in [-0.3, -0.25) is 4.79 Å². The molecular formula is C20H21N5O6S. The molecule has 0 spiro atoms. The van der Waals surface area contributed by atoms with Crippen LogP contribution in [0.1, 0.15) is 61.1 Å². The molecule has 0 saturated carbocycles. The summed E-state index contributed by atoms with van der Waals surface area (Å²) in [6.45, 7) is 3.40. The number of hydrogen-bond donors (Lipinski definition) is 1. The summed E-state index contributed by atoms with van der Waals surface area (Å²) in [5.41, 5.74) is 2.36. The summed E-state index contributed by atoms with van der Waals surface area (Å²) in [6, 6.07) is 1.35. The minimum atomic E-state index is -0.579. The lowest BCUT2D eigenvalue weighted by Gasteiger charge is -2.11. The average molecular weight is 459 g/mol. The molecule has 1 amide bonds. The van der Waals surface area contributed by atoms with Gasteiger partial charge in [-0.05, 0) is 50.0 Å². The molecule has 1 N–H and O–H groups in total. The number of aromatic nitrogens is 3. The Balaban J connectivity index is 1.64. The summed E-state index contributed by atoms with van der Waals surface area (Å²) in [5.74, 6) is -0.920. The Morgan fingerprint density at radius 2 is 2.09 bits per heavy atom. The van der Waals surface area contributed by atoms with E-state index in [1.165, 1.54) is 29.2 Å². The average Bonchev–Trinajstić information content (AvgIpc) is 3.43. The molecule has 0 aromatic carbocycles. The molecule has 12 heteroatoms. The first-order chi connectivity index (χ1) is 15.3. The number of anilines is 1. The number of nitro groups is 1. The van der Waals surface area contributed by atoms with Crippen molar-refractivity contribution >= 4 is 34.0 Å². The van der Waals surface area contributed by atoms with Crippen LogP contribution in [0.4, 0.5) is 10.8 Å². The zero-order chi connectivity index (χ0) is 23.0. The fraction of sp³-hybridized carbons (Fsp3) is 0.400. The van der Waals surface area contributed by atoms with E-state index in [2.05, 4.69) is 15.6 Å². The third kappa shape index (κ3) is 3.88. The monoisotopic (exact) mass is 459 g/mol. The molecule has 0 aliphatic heterocycles. The van der Waals surface area contributed by atoms with Crippen LogP contribution in [0.15, 0.2) is 10.6 Å². The Labute approximate surface area is 186 Å². The maximum atomic E-state index is 13.1. The van der Waals surface area contributed by atoms with Crippen LogP contribution in [0.5, 0.6) is 0 Å². The topological polar surface area (TPSA) is 142 Å². The molecule has 11 nitrogen and oxygen atoms in total. The summed E-state index contributed by atoms with van der Waals surface area (Å²) in [6.07, 6.45) is 3.62. The first-order valence-corrected chi connectivity index (χ1v) is 10.8. The van der Waals surface area contributed by atoms with E-state index in [0.29, 0.717) is 27.6 Å². The number of nitrogens with one attached hydrogen (secondary N) is 1. The van der Waals surface area contributed by atoms with Crippen molar-refractivity contribution in [2.24, 2.45) is 0 Å². The van der Waals surface area contributed by atoms with Gasteiger partial charge in [0.25, 0.3) is 5.91 Å². The molecule has 32 heavy (non-hydrogen) atoms. The van der Waals surface area contributed by atoms with Crippen LogP contribution in [-0.4, -0.2) is 38.8 Å². The van der Waals surface area contributed by atoms with Gasteiger partial charge in [-0.15, -0.1) is 11.3 Å². The Morgan fingerprint density at radius 3 is 2.78 bits per heavy atom. The van der Waals surface area contributed by atoms with Gasteiger partial charge in [0.1, 0.15) is 10.8 Å². The number of nitrogens with zero attached hydrogens (tertiary/aromatic N) is 4. The number of esters is 1. The molecule has 0 atom stereocenters. The van der Waals surface area contributed by atoms with Crippen molar-refractivity contribution in [3.8, 4) is 0 Å². The van der Waals surface area contributed by atoms with Crippen LogP contribution in [-0.2, 0) is 24.1 Å². The van der Waals surface area contributed by atoms with Gasteiger partial charge < -0.3 is 24.7 Å². The molecule has 0 saturated heterocycles. The van der Waals surface area contributed by atoms with Crippen molar-refractivity contribution in [3.05, 3.63) is 54.9 Å². The van der Waals surface area contributed by atoms with Crippen LogP contribution in [0, 0.1) is 24.0 Å². The number of thiophene rings is 1. The third-order valence-corrected chi connectivity index (χ3v) is 6.66. The highest BCUT2D eigenvalue weighted by Crippen LogP contribution is 2.38. The number of methoxy groups -OCH3 is 1. The molecule has 3 heterocycles. The molecule has 0 bridgehead atoms. The third-order valence-electron chi connectivity index (χ3n) is 5.45. The van der Waals surface area contributed by atoms with Crippen molar-refractivity contribution in [2.45, 2.75) is 46.1 Å². The van der Waals surface area contributed by atoms with Crippen LogP contribution in [0.25, 0.3) is 0 Å². The number of amides is 1. The highest BCUT2D eigenvalue weighted by Gasteiger charge is 2.29. The summed E-state index contributed by atoms with van der Waals surface area (Å²) < 4.78 is 11.6. The van der Waals surface area contributed by atoms with Crippen molar-refractivity contribution in [1.29, 1.82) is 0 Å². The number of hydrogen-bond acceptors (Lipinski definition) is 9. The van der Waals surface area contributed by atoms with E-state index in [4.69, 9.17) is 9.26 Å². The number of carbonyl (C=O) groups is 2. The molecule has 0 fully saturated rings. The van der Waals surface area contributed by atoms with Crippen LogP contribution < -0.4 is 5.32 Å². The van der Waals surface area contributed by atoms with Crippen LogP contribution in [0.2, 0.25) is 0 Å². The van der Waals surface area contributed by atoms with Gasteiger partial charge in [-0.25, -0.2) is 4.79 Å². The molecule has 3 aromatic heterocycles. The Morgan fingerprint density at radius 1 is 1.34 bits per heavy atom. The van der Waals surface area contributed by atoms with E-state index in [1.807, 2.05) is 0 Å². The molecule has 1 aliphatic carbocycles. The molecule has 4 rings (SSSR count). The van der Waals surface area contributed by atoms with Gasteiger partial charge in [0, 0.05) is 4.88 Å². The lowest BCUT2D eigenvalue weighted by molar-refractivity contribution is -0.389. The Bertz CT molecular complexity index is 1220. The lowest BCUT2D eigenvalue weighted by Crippen LogP contribution is -2.18. The van der Waals surface area contributed by atoms with E-state index in [1.54, 1.807) is 13.8 Å². The number of fused-ring (bicyclic) bond motifs is 1. The molecule has 3 aromatic rings. The fourth-order valence-electron chi connectivity index (χ4n) is 3.78. The smallest absolute Gasteiger partial charge is 0.390 e. The van der Waals surface area contributed by atoms with Gasteiger partial charge in [-0.1, -0.05) is 5.16 Å². The molecule has 0 unspecified atom stereocenters. The van der Waals surface area contributed by atoms with Crippen LogP contribution in [0.3, 0.4) is 0 Å². The normalized spacial score (nSPS) is 13.0. The molecular weight excluding hydrogens is 438 g/mol. The van der Waals surface area contributed by atoms with Gasteiger partial charge in [0.2, 0.25) is 0 Å². The maximum Gasteiger partial charge on any atom is 0.390 e. The standard InChI is InChI=1S/C20H21N5O6S/c1-10-8-15(25(28)29)22-24(10)9-13-11(2)31-23-17(13)18(26)21-19-16(20(27)30-3)12-6-4-5-7-14(12)32-19/h8H,4-7,9H2,1-3H3,(H,21,26). The van der Waals surface area contributed by atoms with Gasteiger partial charge in [-0.2, -0.15) is 4.68 Å². The first-order valence-electron chi connectivity index (χ1n) is 9.98.